The second-order valence-electron chi connectivity index (χ2n) is 4.03. The van der Waals surface area contributed by atoms with Crippen LogP contribution in [0.4, 0.5) is 0 Å². The normalized spacial score (nSPS) is 9.94. The van der Waals surface area contributed by atoms with Crippen molar-refractivity contribution in [1.29, 1.82) is 0 Å². The van der Waals surface area contributed by atoms with E-state index in [4.69, 9.17) is 4.74 Å². The molecule has 2 heteroatoms. The number of rotatable bonds is 4. The predicted octanol–water partition coefficient (Wildman–Crippen LogP) is 3.48. The van der Waals surface area contributed by atoms with E-state index in [2.05, 4.69) is 6.58 Å². The van der Waals surface area contributed by atoms with Crippen molar-refractivity contribution in [2.45, 2.75) is 33.6 Å². The molecular formula is C14H18O2. The second-order valence-corrected chi connectivity index (χ2v) is 4.03. The van der Waals surface area contributed by atoms with E-state index in [1.807, 2.05) is 32.9 Å². The van der Waals surface area contributed by atoms with Crippen molar-refractivity contribution < 1.29 is 9.53 Å². The van der Waals surface area contributed by atoms with Crippen LogP contribution >= 0.6 is 0 Å². The number of allylic oxidation sites excluding steroid dienone is 1. The van der Waals surface area contributed by atoms with Crippen LogP contribution in [0.3, 0.4) is 0 Å². The van der Waals surface area contributed by atoms with Gasteiger partial charge in [-0.1, -0.05) is 23.8 Å². The topological polar surface area (TPSA) is 26.3 Å². The Hall–Kier alpha value is -1.57. The number of hydrogen-bond donors (Lipinski definition) is 0. The minimum absolute atomic E-state index is 0.199. The smallest absolute Gasteiger partial charge is 0.311 e. The van der Waals surface area contributed by atoms with Crippen LogP contribution in [0.25, 0.3) is 0 Å². The van der Waals surface area contributed by atoms with Gasteiger partial charge in [0.25, 0.3) is 0 Å². The van der Waals surface area contributed by atoms with E-state index in [0.29, 0.717) is 18.6 Å². The highest BCUT2D eigenvalue weighted by atomic mass is 16.5. The predicted molar refractivity (Wildman–Crippen MR) is 65.7 cm³/mol. The molecule has 0 aliphatic rings. The molecule has 1 aromatic rings. The molecule has 0 heterocycles. The highest BCUT2D eigenvalue weighted by molar-refractivity contribution is 5.73. The molecule has 1 rings (SSSR count). The van der Waals surface area contributed by atoms with Crippen LogP contribution in [-0.2, 0) is 4.79 Å². The number of hydrogen-bond acceptors (Lipinski definition) is 2. The van der Waals surface area contributed by atoms with Gasteiger partial charge in [0.2, 0.25) is 0 Å². The highest BCUT2D eigenvalue weighted by Crippen LogP contribution is 2.24. The summed E-state index contributed by atoms with van der Waals surface area (Å²) in [6.45, 7) is 9.52. The van der Waals surface area contributed by atoms with Gasteiger partial charge in [0, 0.05) is 6.42 Å². The van der Waals surface area contributed by atoms with Gasteiger partial charge in [-0.15, -0.1) is 6.58 Å². The van der Waals surface area contributed by atoms with Crippen LogP contribution in [0, 0.1) is 20.8 Å². The number of carbonyl (C=O) groups is 1. The maximum Gasteiger partial charge on any atom is 0.311 e. The molecule has 0 spiro atoms. The Balaban J connectivity index is 2.81. The fraction of sp³-hybridized carbons (Fsp3) is 0.357. The van der Waals surface area contributed by atoms with Gasteiger partial charge in [-0.25, -0.2) is 0 Å². The molecular weight excluding hydrogens is 200 g/mol. The first-order valence-corrected chi connectivity index (χ1v) is 5.44. The molecule has 0 unspecified atom stereocenters. The SMILES string of the molecule is C=CCCC(=O)Oc1c(C)cc(C)cc1C. The lowest BCUT2D eigenvalue weighted by Crippen LogP contribution is -2.09. The lowest BCUT2D eigenvalue weighted by atomic mass is 10.1. The zero-order valence-electron chi connectivity index (χ0n) is 10.2. The average molecular weight is 218 g/mol. The summed E-state index contributed by atoms with van der Waals surface area (Å²) in [5.74, 6) is 0.495. The summed E-state index contributed by atoms with van der Waals surface area (Å²) in [6, 6.07) is 4.03. The van der Waals surface area contributed by atoms with E-state index in [9.17, 15) is 4.79 Å². The second kappa shape index (κ2) is 5.50. The number of ether oxygens (including phenoxy) is 1. The Morgan fingerprint density at radius 1 is 1.31 bits per heavy atom. The molecule has 0 aromatic heterocycles. The molecule has 0 aliphatic heterocycles. The molecule has 86 valence electrons. The molecule has 2 nitrogen and oxygen atoms in total. The monoisotopic (exact) mass is 218 g/mol. The summed E-state index contributed by atoms with van der Waals surface area (Å²) in [7, 11) is 0. The minimum Gasteiger partial charge on any atom is -0.426 e. The molecule has 0 N–H and O–H groups in total. The van der Waals surface area contributed by atoms with E-state index in [0.717, 1.165) is 11.1 Å². The van der Waals surface area contributed by atoms with Gasteiger partial charge in [0.05, 0.1) is 0 Å². The van der Waals surface area contributed by atoms with Crippen molar-refractivity contribution in [2.75, 3.05) is 0 Å². The van der Waals surface area contributed by atoms with Gasteiger partial charge in [0.15, 0.2) is 0 Å². The molecule has 0 saturated heterocycles. The van der Waals surface area contributed by atoms with E-state index in [1.165, 1.54) is 5.56 Å². The van der Waals surface area contributed by atoms with Gasteiger partial charge >= 0.3 is 5.97 Å². The van der Waals surface area contributed by atoms with Crippen LogP contribution in [0.1, 0.15) is 29.5 Å². The highest BCUT2D eigenvalue weighted by Gasteiger charge is 2.09. The van der Waals surface area contributed by atoms with Gasteiger partial charge in [-0.3, -0.25) is 4.79 Å². The quantitative estimate of drug-likeness (QED) is 0.439. The molecule has 0 bridgehead atoms. The first-order chi connectivity index (χ1) is 7.54. The lowest BCUT2D eigenvalue weighted by Gasteiger charge is -2.11. The van der Waals surface area contributed by atoms with Crippen LogP contribution in [0.15, 0.2) is 24.8 Å². The van der Waals surface area contributed by atoms with Gasteiger partial charge in [-0.05, 0) is 38.3 Å². The molecule has 0 fully saturated rings. The van der Waals surface area contributed by atoms with Crippen molar-refractivity contribution in [3.63, 3.8) is 0 Å². The van der Waals surface area contributed by atoms with Crippen molar-refractivity contribution in [2.24, 2.45) is 0 Å². The van der Waals surface area contributed by atoms with Crippen molar-refractivity contribution in [3.8, 4) is 5.75 Å². The largest absolute Gasteiger partial charge is 0.426 e. The summed E-state index contributed by atoms with van der Waals surface area (Å²) in [4.78, 5) is 11.5. The summed E-state index contributed by atoms with van der Waals surface area (Å²) < 4.78 is 5.35. The van der Waals surface area contributed by atoms with Gasteiger partial charge in [-0.2, -0.15) is 0 Å². The maximum absolute atomic E-state index is 11.5. The first kappa shape index (κ1) is 12.5. The molecule has 1 aromatic carbocycles. The molecule has 0 aliphatic carbocycles. The Bertz CT molecular complexity index is 382. The molecule has 16 heavy (non-hydrogen) atoms. The van der Waals surface area contributed by atoms with Crippen molar-refractivity contribution in [3.05, 3.63) is 41.5 Å². The third kappa shape index (κ3) is 3.23. The van der Waals surface area contributed by atoms with E-state index in [-0.39, 0.29) is 5.97 Å². The molecule has 0 atom stereocenters. The van der Waals surface area contributed by atoms with E-state index in [1.54, 1.807) is 6.08 Å². The van der Waals surface area contributed by atoms with Crippen molar-refractivity contribution in [1.82, 2.24) is 0 Å². The Morgan fingerprint density at radius 3 is 2.38 bits per heavy atom. The van der Waals surface area contributed by atoms with E-state index >= 15 is 0 Å². The van der Waals surface area contributed by atoms with E-state index < -0.39 is 0 Å². The zero-order chi connectivity index (χ0) is 12.1. The summed E-state index contributed by atoms with van der Waals surface area (Å²) >= 11 is 0. The van der Waals surface area contributed by atoms with Crippen molar-refractivity contribution >= 4 is 5.97 Å². The third-order valence-electron chi connectivity index (χ3n) is 2.37. The fourth-order valence-electron chi connectivity index (χ4n) is 1.71. The Labute approximate surface area is 96.9 Å². The average Bonchev–Trinajstić information content (AvgIpc) is 2.20. The number of aryl methyl sites for hydroxylation is 3. The van der Waals surface area contributed by atoms with Crippen LogP contribution in [0.5, 0.6) is 5.75 Å². The summed E-state index contributed by atoms with van der Waals surface area (Å²) in [6.07, 6.45) is 2.76. The summed E-state index contributed by atoms with van der Waals surface area (Å²) in [5, 5.41) is 0. The van der Waals surface area contributed by atoms with Gasteiger partial charge < -0.3 is 4.74 Å². The number of carbonyl (C=O) groups excluding carboxylic acids is 1. The number of esters is 1. The number of benzene rings is 1. The third-order valence-corrected chi connectivity index (χ3v) is 2.37. The Morgan fingerprint density at radius 2 is 1.88 bits per heavy atom. The first-order valence-electron chi connectivity index (χ1n) is 5.44. The van der Waals surface area contributed by atoms with Gasteiger partial charge in [0.1, 0.15) is 5.75 Å². The maximum atomic E-state index is 11.5. The molecule has 0 radical (unpaired) electrons. The minimum atomic E-state index is -0.199. The van der Waals surface area contributed by atoms with Crippen LogP contribution in [-0.4, -0.2) is 5.97 Å². The fourth-order valence-corrected chi connectivity index (χ4v) is 1.71. The van der Waals surface area contributed by atoms with Crippen LogP contribution < -0.4 is 4.74 Å². The Kier molecular flexibility index (Phi) is 4.29. The lowest BCUT2D eigenvalue weighted by molar-refractivity contribution is -0.134. The molecule has 0 saturated carbocycles. The summed E-state index contributed by atoms with van der Waals surface area (Å²) in [5.41, 5.74) is 3.19. The molecule has 0 amide bonds. The van der Waals surface area contributed by atoms with Crippen LogP contribution in [0.2, 0.25) is 0 Å². The standard InChI is InChI=1S/C14H18O2/c1-5-6-7-13(15)16-14-11(3)8-10(2)9-12(14)4/h5,8-9H,1,6-7H2,2-4H3. The zero-order valence-corrected chi connectivity index (χ0v) is 10.2.